The first kappa shape index (κ1) is 11.9. The molecule has 0 saturated heterocycles. The summed E-state index contributed by atoms with van der Waals surface area (Å²) in [6.45, 7) is 2.74. The van der Waals surface area contributed by atoms with E-state index in [-0.39, 0.29) is 5.41 Å². The van der Waals surface area contributed by atoms with Crippen molar-refractivity contribution in [2.75, 3.05) is 0 Å². The third-order valence-corrected chi connectivity index (χ3v) is 2.01. The van der Waals surface area contributed by atoms with Gasteiger partial charge in [0.2, 0.25) is 0 Å². The van der Waals surface area contributed by atoms with Crippen LogP contribution in [0.5, 0.6) is 5.75 Å². The molecule has 0 unspecified atom stereocenters. The molecule has 1 rings (SSSR count). The Kier molecular flexibility index (Phi) is 3.27. The smallest absolute Gasteiger partial charge is 0.387 e. The van der Waals surface area contributed by atoms with Crippen LogP contribution in [0, 0.1) is 5.82 Å². The van der Waals surface area contributed by atoms with E-state index in [4.69, 9.17) is 0 Å². The Labute approximate surface area is 86.9 Å². The van der Waals surface area contributed by atoms with Gasteiger partial charge < -0.3 is 4.74 Å². The summed E-state index contributed by atoms with van der Waals surface area (Å²) < 4.78 is 41.0. The van der Waals surface area contributed by atoms with E-state index in [1.165, 1.54) is 12.1 Å². The quantitative estimate of drug-likeness (QED) is 0.735. The van der Waals surface area contributed by atoms with Gasteiger partial charge in [-0.05, 0) is 23.1 Å². The number of rotatable bonds is 2. The lowest BCUT2D eigenvalue weighted by Gasteiger charge is -2.19. The maximum atomic E-state index is 13.3. The summed E-state index contributed by atoms with van der Waals surface area (Å²) >= 11 is 0. The van der Waals surface area contributed by atoms with Crippen LogP contribution in [0.4, 0.5) is 13.2 Å². The molecule has 15 heavy (non-hydrogen) atoms. The lowest BCUT2D eigenvalue weighted by molar-refractivity contribution is -0.0522. The van der Waals surface area contributed by atoms with Crippen LogP contribution < -0.4 is 4.74 Å². The fourth-order valence-corrected chi connectivity index (χ4v) is 1.16. The molecule has 0 radical (unpaired) electrons. The molecule has 0 aromatic heterocycles. The van der Waals surface area contributed by atoms with Gasteiger partial charge in [-0.3, -0.25) is 0 Å². The second kappa shape index (κ2) is 4.13. The van der Waals surface area contributed by atoms with Gasteiger partial charge in [-0.15, -0.1) is 0 Å². The van der Waals surface area contributed by atoms with E-state index in [1.807, 2.05) is 20.8 Å². The Hall–Kier alpha value is -1.19. The molecule has 0 aliphatic rings. The highest BCUT2D eigenvalue weighted by Gasteiger charge is 2.17. The molecular weight excluding hydrogens is 205 g/mol. The van der Waals surface area contributed by atoms with Crippen LogP contribution >= 0.6 is 0 Å². The summed E-state index contributed by atoms with van der Waals surface area (Å²) in [5, 5.41) is 0. The summed E-state index contributed by atoms with van der Waals surface area (Å²) in [6.07, 6.45) is 0. The van der Waals surface area contributed by atoms with E-state index in [1.54, 1.807) is 6.07 Å². The van der Waals surface area contributed by atoms with Gasteiger partial charge in [0.25, 0.3) is 0 Å². The molecule has 0 amide bonds. The zero-order valence-corrected chi connectivity index (χ0v) is 8.85. The van der Waals surface area contributed by atoms with Crippen LogP contribution in [0.3, 0.4) is 0 Å². The fourth-order valence-electron chi connectivity index (χ4n) is 1.16. The average Bonchev–Trinajstić information content (AvgIpc) is 2.05. The van der Waals surface area contributed by atoms with Crippen molar-refractivity contribution in [3.63, 3.8) is 0 Å². The second-order valence-electron chi connectivity index (χ2n) is 4.27. The van der Waals surface area contributed by atoms with E-state index in [2.05, 4.69) is 4.74 Å². The molecule has 0 fully saturated rings. The minimum Gasteiger partial charge on any atom is -0.432 e. The van der Waals surface area contributed by atoms with Gasteiger partial charge in [0.15, 0.2) is 11.6 Å². The summed E-state index contributed by atoms with van der Waals surface area (Å²) in [5.74, 6) is -1.18. The second-order valence-corrected chi connectivity index (χ2v) is 4.27. The van der Waals surface area contributed by atoms with Crippen molar-refractivity contribution >= 4 is 0 Å². The van der Waals surface area contributed by atoms with Crippen LogP contribution in [0.1, 0.15) is 26.3 Å². The monoisotopic (exact) mass is 218 g/mol. The van der Waals surface area contributed by atoms with E-state index in [0.717, 1.165) is 5.56 Å². The largest absolute Gasteiger partial charge is 0.432 e. The van der Waals surface area contributed by atoms with Crippen molar-refractivity contribution in [3.05, 3.63) is 29.6 Å². The molecule has 0 atom stereocenters. The number of hydrogen-bond acceptors (Lipinski definition) is 1. The summed E-state index contributed by atoms with van der Waals surface area (Å²) in [6, 6.07) is 4.03. The molecule has 4 heteroatoms. The van der Waals surface area contributed by atoms with Gasteiger partial charge in [-0.1, -0.05) is 26.8 Å². The van der Waals surface area contributed by atoms with Crippen LogP contribution in [0.15, 0.2) is 18.2 Å². The van der Waals surface area contributed by atoms with Gasteiger partial charge in [-0.2, -0.15) is 8.78 Å². The zero-order valence-electron chi connectivity index (χ0n) is 8.85. The van der Waals surface area contributed by atoms with Crippen molar-refractivity contribution in [3.8, 4) is 5.75 Å². The van der Waals surface area contributed by atoms with Crippen LogP contribution in [-0.4, -0.2) is 6.61 Å². The number of benzene rings is 1. The topological polar surface area (TPSA) is 9.23 Å². The molecule has 1 aromatic carbocycles. The maximum Gasteiger partial charge on any atom is 0.387 e. The van der Waals surface area contributed by atoms with Gasteiger partial charge in [0.1, 0.15) is 0 Å². The lowest BCUT2D eigenvalue weighted by Crippen LogP contribution is -2.12. The Morgan fingerprint density at radius 2 is 1.80 bits per heavy atom. The van der Waals surface area contributed by atoms with Crippen LogP contribution in [-0.2, 0) is 5.41 Å². The number of hydrogen-bond donors (Lipinski definition) is 0. The van der Waals surface area contributed by atoms with Gasteiger partial charge >= 0.3 is 6.61 Å². The van der Waals surface area contributed by atoms with E-state index in [9.17, 15) is 13.2 Å². The van der Waals surface area contributed by atoms with Crippen molar-refractivity contribution in [2.24, 2.45) is 0 Å². The average molecular weight is 218 g/mol. The standard InChI is InChI=1S/C11H13F3O/c1-11(2,3)7-4-5-9(8(12)6-7)15-10(13)14/h4-6,10H,1-3H3. The maximum absolute atomic E-state index is 13.3. The SMILES string of the molecule is CC(C)(C)c1ccc(OC(F)F)c(F)c1. The molecular formula is C11H13F3O. The van der Waals surface area contributed by atoms with E-state index in [0.29, 0.717) is 0 Å². The Balaban J connectivity index is 2.98. The molecule has 0 N–H and O–H groups in total. The Bertz CT molecular complexity index is 342. The van der Waals surface area contributed by atoms with Gasteiger partial charge in [-0.25, -0.2) is 4.39 Å². The highest BCUT2D eigenvalue weighted by Crippen LogP contribution is 2.27. The lowest BCUT2D eigenvalue weighted by atomic mass is 9.87. The molecule has 0 aliphatic carbocycles. The Morgan fingerprint density at radius 3 is 2.20 bits per heavy atom. The molecule has 0 heterocycles. The highest BCUT2D eigenvalue weighted by molar-refractivity contribution is 5.32. The number of alkyl halides is 2. The molecule has 84 valence electrons. The van der Waals surface area contributed by atoms with Gasteiger partial charge in [0.05, 0.1) is 0 Å². The molecule has 1 aromatic rings. The molecule has 0 aliphatic heterocycles. The van der Waals surface area contributed by atoms with E-state index < -0.39 is 18.2 Å². The van der Waals surface area contributed by atoms with Crippen LogP contribution in [0.2, 0.25) is 0 Å². The molecule has 0 bridgehead atoms. The molecule has 0 saturated carbocycles. The number of halogens is 3. The molecule has 1 nitrogen and oxygen atoms in total. The van der Waals surface area contributed by atoms with E-state index >= 15 is 0 Å². The summed E-state index contributed by atoms with van der Waals surface area (Å²) in [4.78, 5) is 0. The van der Waals surface area contributed by atoms with Gasteiger partial charge in [0, 0.05) is 0 Å². The third kappa shape index (κ3) is 3.15. The van der Waals surface area contributed by atoms with Crippen molar-refractivity contribution in [1.82, 2.24) is 0 Å². The highest BCUT2D eigenvalue weighted by atomic mass is 19.3. The Morgan fingerprint density at radius 1 is 1.20 bits per heavy atom. The zero-order chi connectivity index (χ0) is 11.6. The van der Waals surface area contributed by atoms with Crippen molar-refractivity contribution in [1.29, 1.82) is 0 Å². The van der Waals surface area contributed by atoms with Crippen LogP contribution in [0.25, 0.3) is 0 Å². The minimum atomic E-state index is -3.00. The first-order valence-electron chi connectivity index (χ1n) is 4.55. The first-order valence-corrected chi connectivity index (χ1v) is 4.55. The fraction of sp³-hybridized carbons (Fsp3) is 0.455. The third-order valence-electron chi connectivity index (χ3n) is 2.01. The normalized spacial score (nSPS) is 11.9. The minimum absolute atomic E-state index is 0.218. The summed E-state index contributed by atoms with van der Waals surface area (Å²) in [7, 11) is 0. The van der Waals surface area contributed by atoms with Crippen molar-refractivity contribution < 1.29 is 17.9 Å². The van der Waals surface area contributed by atoms with Crippen molar-refractivity contribution in [2.45, 2.75) is 32.8 Å². The summed E-state index contributed by atoms with van der Waals surface area (Å²) in [5.41, 5.74) is 0.520. The molecule has 0 spiro atoms. The predicted molar refractivity (Wildman–Crippen MR) is 51.7 cm³/mol. The first-order chi connectivity index (χ1) is 6.80. The number of ether oxygens (including phenoxy) is 1. The predicted octanol–water partition coefficient (Wildman–Crippen LogP) is 3.72.